The molecule has 5 heteroatoms. The minimum atomic E-state index is -0.483. The fraction of sp³-hybridized carbons (Fsp3) is 0.889. The van der Waals surface area contributed by atoms with Crippen molar-refractivity contribution in [2.24, 2.45) is 11.8 Å². The average Bonchev–Trinajstić information content (AvgIpc) is 2.16. The summed E-state index contributed by atoms with van der Waals surface area (Å²) >= 11 is 4.76. The van der Waals surface area contributed by atoms with Crippen LogP contribution in [0, 0.1) is 5.92 Å². The fourth-order valence-corrected chi connectivity index (χ4v) is 1.77. The lowest BCUT2D eigenvalue weighted by Gasteiger charge is -2.32. The molecule has 0 amide bonds. The number of aliphatic hydroxyl groups is 1. The van der Waals surface area contributed by atoms with Gasteiger partial charge in [0.05, 0.1) is 12.2 Å². The molecule has 1 saturated carbocycles. The first-order chi connectivity index (χ1) is 6.53. The first kappa shape index (κ1) is 11.7. The third-order valence-electron chi connectivity index (χ3n) is 2.75. The van der Waals surface area contributed by atoms with Crippen molar-refractivity contribution >= 4 is 17.4 Å². The summed E-state index contributed by atoms with van der Waals surface area (Å²) in [6.45, 7) is 2.48. The van der Waals surface area contributed by atoms with Crippen LogP contribution in [0.3, 0.4) is 0 Å². The molecule has 1 aliphatic rings. The lowest BCUT2D eigenvalue weighted by atomic mass is 9.80. The second-order valence-corrected chi connectivity index (χ2v) is 4.55. The van der Waals surface area contributed by atoms with E-state index >= 15 is 0 Å². The number of rotatable bonds is 2. The standard InChI is InChI=1S/C9H18N2O2S/c1-9(12)4-2-7(3-5-9)6-13-8(14)11-10/h7,12H,2-6,10H2,1H3,(H,11,14)/t7-,9-. The molecule has 1 rings (SSSR count). The highest BCUT2D eigenvalue weighted by Gasteiger charge is 2.28. The Hall–Kier alpha value is -0.390. The maximum atomic E-state index is 9.72. The molecule has 0 bridgehead atoms. The van der Waals surface area contributed by atoms with Gasteiger partial charge in [-0.1, -0.05) is 0 Å². The largest absolute Gasteiger partial charge is 0.470 e. The van der Waals surface area contributed by atoms with Crippen molar-refractivity contribution in [3.05, 3.63) is 0 Å². The van der Waals surface area contributed by atoms with Crippen molar-refractivity contribution < 1.29 is 9.84 Å². The van der Waals surface area contributed by atoms with Crippen LogP contribution in [0.25, 0.3) is 0 Å². The first-order valence-electron chi connectivity index (χ1n) is 4.89. The van der Waals surface area contributed by atoms with Gasteiger partial charge in [-0.15, -0.1) is 0 Å². The van der Waals surface area contributed by atoms with E-state index in [2.05, 4.69) is 5.43 Å². The van der Waals surface area contributed by atoms with E-state index in [-0.39, 0.29) is 5.17 Å². The van der Waals surface area contributed by atoms with Gasteiger partial charge in [-0.3, -0.25) is 5.43 Å². The summed E-state index contributed by atoms with van der Waals surface area (Å²) in [5, 5.41) is 9.96. The van der Waals surface area contributed by atoms with E-state index in [9.17, 15) is 5.11 Å². The van der Waals surface area contributed by atoms with Crippen LogP contribution in [-0.2, 0) is 4.74 Å². The van der Waals surface area contributed by atoms with Crippen molar-refractivity contribution in [1.82, 2.24) is 5.43 Å². The molecule has 0 unspecified atom stereocenters. The zero-order valence-corrected chi connectivity index (χ0v) is 9.27. The molecule has 0 aromatic carbocycles. The van der Waals surface area contributed by atoms with E-state index in [4.69, 9.17) is 22.8 Å². The lowest BCUT2D eigenvalue weighted by Crippen LogP contribution is -2.35. The third kappa shape index (κ3) is 3.77. The maximum Gasteiger partial charge on any atom is 0.271 e. The topological polar surface area (TPSA) is 67.5 Å². The van der Waals surface area contributed by atoms with E-state index in [1.54, 1.807) is 0 Å². The Morgan fingerprint density at radius 3 is 2.71 bits per heavy atom. The predicted molar refractivity (Wildman–Crippen MR) is 58.5 cm³/mol. The summed E-state index contributed by atoms with van der Waals surface area (Å²) in [5.74, 6) is 5.56. The van der Waals surface area contributed by atoms with Crippen LogP contribution in [0.5, 0.6) is 0 Å². The van der Waals surface area contributed by atoms with Gasteiger partial charge in [-0.25, -0.2) is 5.84 Å². The second kappa shape index (κ2) is 4.91. The highest BCUT2D eigenvalue weighted by atomic mass is 32.1. The molecule has 14 heavy (non-hydrogen) atoms. The first-order valence-corrected chi connectivity index (χ1v) is 5.30. The number of hydrogen-bond donors (Lipinski definition) is 3. The molecular formula is C9H18N2O2S. The summed E-state index contributed by atoms with van der Waals surface area (Å²) < 4.78 is 5.21. The molecule has 4 N–H and O–H groups in total. The van der Waals surface area contributed by atoms with Crippen molar-refractivity contribution in [3.63, 3.8) is 0 Å². The van der Waals surface area contributed by atoms with E-state index in [0.29, 0.717) is 12.5 Å². The second-order valence-electron chi connectivity index (χ2n) is 4.18. The van der Waals surface area contributed by atoms with Crippen molar-refractivity contribution in [3.8, 4) is 0 Å². The van der Waals surface area contributed by atoms with Gasteiger partial charge in [-0.05, 0) is 50.7 Å². The van der Waals surface area contributed by atoms with Crippen LogP contribution in [0.4, 0.5) is 0 Å². The van der Waals surface area contributed by atoms with Gasteiger partial charge in [0, 0.05) is 0 Å². The number of ether oxygens (including phenoxy) is 1. The van der Waals surface area contributed by atoms with Gasteiger partial charge in [0.15, 0.2) is 0 Å². The van der Waals surface area contributed by atoms with Crippen LogP contribution in [0.15, 0.2) is 0 Å². The van der Waals surface area contributed by atoms with Crippen molar-refractivity contribution in [2.75, 3.05) is 6.61 Å². The number of hydrogen-bond acceptors (Lipinski definition) is 4. The van der Waals surface area contributed by atoms with E-state index in [1.165, 1.54) is 0 Å². The van der Waals surface area contributed by atoms with E-state index in [1.807, 2.05) is 6.92 Å². The average molecular weight is 218 g/mol. The molecule has 0 heterocycles. The Bertz CT molecular complexity index is 199. The molecule has 1 aliphatic carbocycles. The highest BCUT2D eigenvalue weighted by Crippen LogP contribution is 2.31. The van der Waals surface area contributed by atoms with E-state index in [0.717, 1.165) is 25.7 Å². The Morgan fingerprint density at radius 2 is 2.21 bits per heavy atom. The summed E-state index contributed by atoms with van der Waals surface area (Å²) in [7, 11) is 0. The zero-order valence-electron chi connectivity index (χ0n) is 8.45. The van der Waals surface area contributed by atoms with Crippen molar-refractivity contribution in [1.29, 1.82) is 0 Å². The van der Waals surface area contributed by atoms with Gasteiger partial charge < -0.3 is 9.84 Å². The molecule has 82 valence electrons. The fourth-order valence-electron chi connectivity index (χ4n) is 1.70. The summed E-state index contributed by atoms with van der Waals surface area (Å²) in [6.07, 6.45) is 3.65. The maximum absolute atomic E-state index is 9.72. The van der Waals surface area contributed by atoms with Crippen LogP contribution in [-0.4, -0.2) is 22.5 Å². The molecule has 4 nitrogen and oxygen atoms in total. The lowest BCUT2D eigenvalue weighted by molar-refractivity contribution is 0.000688. The van der Waals surface area contributed by atoms with Crippen LogP contribution in [0.2, 0.25) is 0 Å². The van der Waals surface area contributed by atoms with Gasteiger partial charge in [-0.2, -0.15) is 0 Å². The SMILES string of the molecule is C[C@]1(O)CC[C@H](COC(=S)NN)CC1. The molecule has 0 saturated heterocycles. The number of hydrazine groups is 1. The van der Waals surface area contributed by atoms with Gasteiger partial charge in [0.25, 0.3) is 5.17 Å². The summed E-state index contributed by atoms with van der Waals surface area (Å²) in [5.41, 5.74) is 1.80. The quantitative estimate of drug-likeness (QED) is 0.361. The highest BCUT2D eigenvalue weighted by molar-refractivity contribution is 7.80. The number of nitrogens with two attached hydrogens (primary N) is 1. The van der Waals surface area contributed by atoms with Gasteiger partial charge >= 0.3 is 0 Å². The molecule has 0 radical (unpaired) electrons. The normalized spacial score (nSPS) is 32.4. The smallest absolute Gasteiger partial charge is 0.271 e. The van der Waals surface area contributed by atoms with Crippen LogP contribution in [0.1, 0.15) is 32.6 Å². The minimum absolute atomic E-state index is 0.238. The predicted octanol–water partition coefficient (Wildman–Crippen LogP) is 0.692. The Kier molecular flexibility index (Phi) is 4.10. The summed E-state index contributed by atoms with van der Waals surface area (Å²) in [6, 6.07) is 0. The van der Waals surface area contributed by atoms with Crippen LogP contribution >= 0.6 is 12.2 Å². The van der Waals surface area contributed by atoms with Crippen molar-refractivity contribution in [2.45, 2.75) is 38.2 Å². The monoisotopic (exact) mass is 218 g/mol. The number of nitrogens with one attached hydrogen (secondary N) is 1. The molecule has 0 spiro atoms. The molecule has 0 atom stereocenters. The van der Waals surface area contributed by atoms with Gasteiger partial charge in [0.2, 0.25) is 0 Å². The Labute approximate surface area is 89.8 Å². The molecular weight excluding hydrogens is 200 g/mol. The van der Waals surface area contributed by atoms with Crippen LogP contribution < -0.4 is 11.3 Å². The molecule has 0 aromatic heterocycles. The van der Waals surface area contributed by atoms with E-state index < -0.39 is 5.60 Å². The number of thiocarbonyl (C=S) groups is 1. The Balaban J connectivity index is 2.19. The minimum Gasteiger partial charge on any atom is -0.470 e. The third-order valence-corrected chi connectivity index (χ3v) is 2.99. The molecule has 0 aliphatic heterocycles. The Morgan fingerprint density at radius 1 is 1.64 bits per heavy atom. The molecule has 0 aromatic rings. The molecule has 1 fully saturated rings. The zero-order chi connectivity index (χ0) is 10.6. The van der Waals surface area contributed by atoms with Gasteiger partial charge in [0.1, 0.15) is 0 Å². The summed E-state index contributed by atoms with van der Waals surface area (Å²) in [4.78, 5) is 0.